The van der Waals surface area contributed by atoms with Gasteiger partial charge in [-0.3, -0.25) is 5.32 Å². The van der Waals surface area contributed by atoms with Crippen LogP contribution < -0.4 is 10.1 Å². The van der Waals surface area contributed by atoms with Crippen molar-refractivity contribution in [1.82, 2.24) is 0 Å². The third-order valence-corrected chi connectivity index (χ3v) is 2.83. The molecule has 0 unspecified atom stereocenters. The molecule has 0 spiro atoms. The summed E-state index contributed by atoms with van der Waals surface area (Å²) < 4.78 is 10.5. The van der Waals surface area contributed by atoms with Crippen molar-refractivity contribution in [2.75, 3.05) is 12.4 Å². The number of ether oxygens (including phenoxy) is 2. The van der Waals surface area contributed by atoms with E-state index >= 15 is 0 Å². The van der Waals surface area contributed by atoms with Crippen molar-refractivity contribution < 1.29 is 19.1 Å². The van der Waals surface area contributed by atoms with Crippen LogP contribution in [-0.2, 0) is 15.1 Å². The number of isocyanates is 1. The lowest BCUT2D eigenvalue weighted by Crippen LogP contribution is -2.27. The molecule has 1 amide bonds. The quantitative estimate of drug-likeness (QED) is 0.681. The third-order valence-electron chi connectivity index (χ3n) is 2.83. The Labute approximate surface area is 130 Å². The van der Waals surface area contributed by atoms with Crippen LogP contribution in [0.3, 0.4) is 0 Å². The number of methoxy groups -OCH3 is 1. The molecule has 0 aliphatic carbocycles. The van der Waals surface area contributed by atoms with E-state index in [-0.39, 0.29) is 0 Å². The van der Waals surface area contributed by atoms with E-state index in [0.717, 1.165) is 0 Å². The van der Waals surface area contributed by atoms with Gasteiger partial charge in [-0.05, 0) is 40.7 Å². The van der Waals surface area contributed by atoms with Crippen LogP contribution >= 0.6 is 0 Å². The Morgan fingerprint density at radius 3 is 2.36 bits per heavy atom. The summed E-state index contributed by atoms with van der Waals surface area (Å²) in [5.74, 6) is 0.512. The Balaban J connectivity index is 3.03. The smallest absolute Gasteiger partial charge is 0.412 e. The first-order valence-electron chi connectivity index (χ1n) is 6.86. The molecular weight excluding hydrogens is 284 g/mol. The van der Waals surface area contributed by atoms with Crippen molar-refractivity contribution in [1.29, 1.82) is 0 Å². The molecule has 0 saturated carbocycles. The highest BCUT2D eigenvalue weighted by atomic mass is 16.6. The van der Waals surface area contributed by atoms with Crippen molar-refractivity contribution in [2.45, 2.75) is 45.8 Å². The predicted molar refractivity (Wildman–Crippen MR) is 84.0 cm³/mol. The van der Waals surface area contributed by atoms with E-state index in [0.29, 0.717) is 17.0 Å². The fourth-order valence-corrected chi connectivity index (χ4v) is 1.87. The molecule has 0 saturated heterocycles. The van der Waals surface area contributed by atoms with Crippen LogP contribution in [-0.4, -0.2) is 24.9 Å². The topological polar surface area (TPSA) is 77.0 Å². The van der Waals surface area contributed by atoms with Gasteiger partial charge in [0, 0.05) is 17.3 Å². The van der Waals surface area contributed by atoms with Crippen molar-refractivity contribution in [2.24, 2.45) is 4.99 Å². The average molecular weight is 306 g/mol. The van der Waals surface area contributed by atoms with Gasteiger partial charge in [0.05, 0.1) is 12.6 Å². The molecule has 0 aliphatic heterocycles. The van der Waals surface area contributed by atoms with Crippen LogP contribution in [0.4, 0.5) is 10.5 Å². The summed E-state index contributed by atoms with van der Waals surface area (Å²) in [6.45, 7) is 8.91. The van der Waals surface area contributed by atoms with Gasteiger partial charge in [-0.1, -0.05) is 6.07 Å². The number of nitrogens with one attached hydrogen (secondary N) is 1. The zero-order valence-electron chi connectivity index (χ0n) is 13.8. The van der Waals surface area contributed by atoms with Crippen LogP contribution in [0, 0.1) is 0 Å². The lowest BCUT2D eigenvalue weighted by atomic mass is 9.94. The van der Waals surface area contributed by atoms with Crippen LogP contribution in [0.15, 0.2) is 23.2 Å². The molecule has 0 heterocycles. The van der Waals surface area contributed by atoms with Gasteiger partial charge in [-0.25, -0.2) is 9.59 Å². The number of carbonyl (C=O) groups is 1. The Morgan fingerprint density at radius 1 is 1.23 bits per heavy atom. The minimum atomic E-state index is -0.766. The van der Waals surface area contributed by atoms with Crippen LogP contribution in [0.1, 0.15) is 40.2 Å². The second-order valence-electron chi connectivity index (χ2n) is 6.30. The Morgan fingerprint density at radius 2 is 1.86 bits per heavy atom. The average Bonchev–Trinajstić information content (AvgIpc) is 2.35. The number of benzene rings is 1. The molecule has 1 N–H and O–H groups in total. The van der Waals surface area contributed by atoms with Gasteiger partial charge >= 0.3 is 6.09 Å². The summed E-state index contributed by atoms with van der Waals surface area (Å²) in [6.07, 6.45) is 1.01. The molecule has 6 heteroatoms. The highest BCUT2D eigenvalue weighted by Gasteiger charge is 2.24. The van der Waals surface area contributed by atoms with Gasteiger partial charge in [-0.2, -0.15) is 4.99 Å². The summed E-state index contributed by atoms with van der Waals surface area (Å²) in [5, 5.41) is 2.63. The Kier molecular flexibility index (Phi) is 5.33. The Bertz CT molecular complexity index is 597. The van der Waals surface area contributed by atoms with Crippen molar-refractivity contribution in [3.05, 3.63) is 23.8 Å². The predicted octanol–water partition coefficient (Wildman–Crippen LogP) is 3.61. The monoisotopic (exact) mass is 306 g/mol. The van der Waals surface area contributed by atoms with E-state index < -0.39 is 17.2 Å². The molecule has 1 aromatic rings. The maximum absolute atomic E-state index is 11.8. The molecule has 0 aliphatic rings. The van der Waals surface area contributed by atoms with Crippen molar-refractivity contribution >= 4 is 17.9 Å². The molecule has 0 bridgehead atoms. The molecule has 1 aromatic carbocycles. The normalized spacial score (nSPS) is 11.4. The molecular formula is C16H22N2O4. The lowest BCUT2D eigenvalue weighted by Gasteiger charge is -2.22. The fourth-order valence-electron chi connectivity index (χ4n) is 1.87. The van der Waals surface area contributed by atoms with E-state index in [1.165, 1.54) is 7.11 Å². The molecule has 0 fully saturated rings. The third kappa shape index (κ3) is 4.90. The maximum Gasteiger partial charge on any atom is 0.412 e. The number of aliphatic imine (C=N–C) groups is 1. The number of hydrogen-bond acceptors (Lipinski definition) is 5. The first-order valence-corrected chi connectivity index (χ1v) is 6.86. The standard InChI is InChI=1S/C16H22N2O4/c1-15(2,3)22-14(20)18-11-7-8-12(13(9-11)21-6)16(4,5)17-10-19/h7-9H,1-6H3,(H,18,20). The van der Waals surface area contributed by atoms with Gasteiger partial charge in [0.15, 0.2) is 0 Å². The first kappa shape index (κ1) is 17.7. The SMILES string of the molecule is COc1cc(NC(=O)OC(C)(C)C)ccc1C(C)(C)N=C=O. The minimum absolute atomic E-state index is 0.512. The van der Waals surface area contributed by atoms with Crippen LogP contribution in [0.25, 0.3) is 0 Å². The summed E-state index contributed by atoms with van der Waals surface area (Å²) in [6, 6.07) is 5.09. The van der Waals surface area contributed by atoms with Crippen molar-refractivity contribution in [3.63, 3.8) is 0 Å². The van der Waals surface area contributed by atoms with Crippen LogP contribution in [0.5, 0.6) is 5.75 Å². The van der Waals surface area contributed by atoms with E-state index in [4.69, 9.17) is 9.47 Å². The number of carbonyl (C=O) groups excluding carboxylic acids is 2. The van der Waals surface area contributed by atoms with Gasteiger partial charge in [-0.15, -0.1) is 0 Å². The summed E-state index contributed by atoms with van der Waals surface area (Å²) in [7, 11) is 1.51. The molecule has 0 atom stereocenters. The second kappa shape index (κ2) is 6.62. The fraction of sp³-hybridized carbons (Fsp3) is 0.500. The zero-order chi connectivity index (χ0) is 17.0. The summed E-state index contributed by atoms with van der Waals surface area (Å²) in [5.41, 5.74) is -0.0967. The molecule has 0 aromatic heterocycles. The molecule has 1 rings (SSSR count). The van der Waals surface area contributed by atoms with E-state index in [2.05, 4.69) is 10.3 Å². The van der Waals surface area contributed by atoms with Gasteiger partial charge in [0.1, 0.15) is 11.4 Å². The van der Waals surface area contributed by atoms with Gasteiger partial charge in [0.25, 0.3) is 0 Å². The van der Waals surface area contributed by atoms with E-state index in [1.807, 2.05) is 0 Å². The second-order valence-corrected chi connectivity index (χ2v) is 6.30. The lowest BCUT2D eigenvalue weighted by molar-refractivity contribution is 0.0636. The Hall–Kier alpha value is -2.33. The summed E-state index contributed by atoms with van der Waals surface area (Å²) >= 11 is 0. The van der Waals surface area contributed by atoms with E-state index in [9.17, 15) is 9.59 Å². The maximum atomic E-state index is 11.8. The summed E-state index contributed by atoms with van der Waals surface area (Å²) in [4.78, 5) is 26.1. The first-order chi connectivity index (χ1) is 10.1. The van der Waals surface area contributed by atoms with Crippen molar-refractivity contribution in [3.8, 4) is 5.75 Å². The number of hydrogen-bond donors (Lipinski definition) is 1. The number of anilines is 1. The highest BCUT2D eigenvalue weighted by Crippen LogP contribution is 2.34. The minimum Gasteiger partial charge on any atom is -0.496 e. The number of nitrogens with zero attached hydrogens (tertiary/aromatic N) is 1. The zero-order valence-corrected chi connectivity index (χ0v) is 13.8. The van der Waals surface area contributed by atoms with Gasteiger partial charge < -0.3 is 9.47 Å². The molecule has 6 nitrogen and oxygen atoms in total. The molecule has 0 radical (unpaired) electrons. The van der Waals surface area contributed by atoms with E-state index in [1.54, 1.807) is 58.9 Å². The van der Waals surface area contributed by atoms with Gasteiger partial charge in [0.2, 0.25) is 6.08 Å². The largest absolute Gasteiger partial charge is 0.496 e. The number of amides is 1. The molecule has 120 valence electrons. The highest BCUT2D eigenvalue weighted by molar-refractivity contribution is 5.85. The number of rotatable bonds is 4. The van der Waals surface area contributed by atoms with Crippen LogP contribution in [0.2, 0.25) is 0 Å². The molecule has 22 heavy (non-hydrogen) atoms.